The number of nitrogens with zero attached hydrogens (tertiary/aromatic N) is 6. The maximum atomic E-state index is 6.16. The molecule has 44 heavy (non-hydrogen) atoms. The molecule has 1 saturated heterocycles. The predicted octanol–water partition coefficient (Wildman–Crippen LogP) is 8.74. The number of piperidine rings is 1. The topological polar surface area (TPSA) is 84.7 Å². The maximum absolute atomic E-state index is 6.16. The third kappa shape index (κ3) is 6.47. The number of hydrogen-bond acceptors (Lipinski definition) is 6. The average Bonchev–Trinajstić information content (AvgIpc) is 3.73. The van der Waals surface area contributed by atoms with Crippen LogP contribution in [0.2, 0.25) is 0 Å². The van der Waals surface area contributed by atoms with E-state index in [1.165, 1.54) is 77.0 Å². The second-order valence-corrected chi connectivity index (χ2v) is 13.0. The van der Waals surface area contributed by atoms with Crippen LogP contribution in [-0.2, 0) is 0 Å². The molecule has 6 rings (SSSR count). The molecule has 7 nitrogen and oxygen atoms in total. The van der Waals surface area contributed by atoms with Gasteiger partial charge in [0.05, 0.1) is 29.3 Å². The van der Waals surface area contributed by atoms with Gasteiger partial charge < -0.3 is 10.6 Å². The fourth-order valence-electron chi connectivity index (χ4n) is 7.78. The van der Waals surface area contributed by atoms with E-state index in [4.69, 9.17) is 20.7 Å². The number of hydrogen-bond donors (Lipinski definition) is 1. The van der Waals surface area contributed by atoms with Gasteiger partial charge in [-0.3, -0.25) is 4.99 Å². The number of aromatic nitrogens is 4. The smallest absolute Gasteiger partial charge is 0.128 e. The van der Waals surface area contributed by atoms with Gasteiger partial charge in [-0.1, -0.05) is 66.0 Å². The summed E-state index contributed by atoms with van der Waals surface area (Å²) in [7, 11) is 0. The van der Waals surface area contributed by atoms with Crippen molar-refractivity contribution in [3.05, 3.63) is 54.8 Å². The van der Waals surface area contributed by atoms with Gasteiger partial charge in [0.15, 0.2) is 0 Å². The molecule has 1 spiro atoms. The Balaban J connectivity index is 0.00000188. The maximum Gasteiger partial charge on any atom is 0.128 e. The zero-order valence-corrected chi connectivity index (χ0v) is 27.6. The van der Waals surface area contributed by atoms with Gasteiger partial charge in [0.1, 0.15) is 5.82 Å². The molecule has 0 atom stereocenters. The summed E-state index contributed by atoms with van der Waals surface area (Å²) >= 11 is 0. The monoisotopic (exact) mass is 595 g/mol. The lowest BCUT2D eigenvalue weighted by Gasteiger charge is -2.41. The molecular weight excluding hydrogens is 542 g/mol. The molecule has 0 aromatic carbocycles. The van der Waals surface area contributed by atoms with Crippen LogP contribution in [0.25, 0.3) is 28.4 Å². The number of allylic oxidation sites excluding steroid dienone is 1. The largest absolute Gasteiger partial charge is 0.404 e. The molecule has 3 aliphatic rings. The van der Waals surface area contributed by atoms with E-state index in [0.29, 0.717) is 16.9 Å². The van der Waals surface area contributed by atoms with E-state index in [1.807, 2.05) is 49.2 Å². The zero-order valence-electron chi connectivity index (χ0n) is 27.6. The van der Waals surface area contributed by atoms with Crippen molar-refractivity contribution in [1.82, 2.24) is 19.6 Å². The van der Waals surface area contributed by atoms with Crippen molar-refractivity contribution < 1.29 is 0 Å². The van der Waals surface area contributed by atoms with Gasteiger partial charge in [-0.2, -0.15) is 5.10 Å². The molecule has 0 amide bonds. The summed E-state index contributed by atoms with van der Waals surface area (Å²) < 4.78 is 1.88. The highest BCUT2D eigenvalue weighted by Crippen LogP contribution is 2.49. The van der Waals surface area contributed by atoms with E-state index in [2.05, 4.69) is 42.6 Å². The van der Waals surface area contributed by atoms with E-state index in [1.54, 1.807) is 6.20 Å². The summed E-state index contributed by atoms with van der Waals surface area (Å²) in [4.78, 5) is 17.5. The first-order valence-electron chi connectivity index (χ1n) is 17.2. The molecule has 236 valence electrons. The first-order chi connectivity index (χ1) is 21.5. The molecule has 0 radical (unpaired) electrons. The molecule has 2 N–H and O–H groups in total. The predicted molar refractivity (Wildman–Crippen MR) is 186 cm³/mol. The third-order valence-corrected chi connectivity index (χ3v) is 11.0. The Bertz CT molecular complexity index is 1430. The van der Waals surface area contributed by atoms with Crippen LogP contribution in [0.4, 0.5) is 5.82 Å². The van der Waals surface area contributed by atoms with Crippen LogP contribution in [0.15, 0.2) is 48.5 Å². The number of pyridine rings is 1. The Hall–Kier alpha value is -3.48. The lowest BCUT2D eigenvalue weighted by atomic mass is 9.71. The molecule has 3 aromatic rings. The number of nitrogens with two attached hydrogens (primary N) is 1. The van der Waals surface area contributed by atoms with Gasteiger partial charge in [-0.15, -0.1) is 0 Å². The lowest BCUT2D eigenvalue weighted by Crippen LogP contribution is -2.40. The second kappa shape index (κ2) is 14.1. The Morgan fingerprint density at radius 1 is 1.02 bits per heavy atom. The van der Waals surface area contributed by atoms with Gasteiger partial charge in [0.2, 0.25) is 0 Å². The standard InChI is InChI=1S/C35H47N7.C2H6/c1-4-26-24-39-42-25-30(28(21-36)23-37-29-11-15-35(16-12-29)13-7-8-14-35)40-32(33(26)42)27-9-10-31(38-22-27)41-19-17-34(5-2,6-3)18-20-41;1-2/h4,9-10,21-25,29H,1,5-8,11-20,36H2,2-3H3;1-2H3/b28-21+,37-23?;. The average molecular weight is 596 g/mol. The second-order valence-electron chi connectivity index (χ2n) is 13.0. The summed E-state index contributed by atoms with van der Waals surface area (Å²) in [6, 6.07) is 4.63. The Morgan fingerprint density at radius 3 is 2.32 bits per heavy atom. The van der Waals surface area contributed by atoms with E-state index in [0.717, 1.165) is 52.5 Å². The molecule has 2 saturated carbocycles. The van der Waals surface area contributed by atoms with Crippen molar-refractivity contribution in [3.63, 3.8) is 0 Å². The van der Waals surface area contributed by atoms with Crippen molar-refractivity contribution in [2.75, 3.05) is 18.0 Å². The fraction of sp³-hybridized carbons (Fsp3) is 0.568. The first-order valence-corrected chi connectivity index (χ1v) is 17.2. The van der Waals surface area contributed by atoms with Crippen molar-refractivity contribution >= 4 is 29.2 Å². The van der Waals surface area contributed by atoms with Crippen LogP contribution in [0.1, 0.15) is 116 Å². The third-order valence-electron chi connectivity index (χ3n) is 11.0. The highest BCUT2D eigenvalue weighted by molar-refractivity contribution is 6.09. The molecule has 4 heterocycles. The number of aliphatic imine (C=N–C) groups is 1. The van der Waals surface area contributed by atoms with Crippen molar-refractivity contribution in [1.29, 1.82) is 0 Å². The van der Waals surface area contributed by atoms with Crippen LogP contribution in [0.3, 0.4) is 0 Å². The van der Waals surface area contributed by atoms with Crippen molar-refractivity contribution in [2.45, 2.75) is 111 Å². The van der Waals surface area contributed by atoms with Crippen molar-refractivity contribution in [3.8, 4) is 11.3 Å². The highest BCUT2D eigenvalue weighted by atomic mass is 15.2. The van der Waals surface area contributed by atoms with Crippen LogP contribution in [-0.4, -0.2) is 44.9 Å². The molecule has 3 fully saturated rings. The first kappa shape index (κ1) is 31.9. The summed E-state index contributed by atoms with van der Waals surface area (Å²) in [6.07, 6.45) is 26.6. The normalized spacial score (nSPS) is 20.3. The lowest BCUT2D eigenvalue weighted by molar-refractivity contribution is 0.183. The molecule has 0 unspecified atom stereocenters. The zero-order chi connectivity index (χ0) is 31.2. The van der Waals surface area contributed by atoms with Crippen LogP contribution >= 0.6 is 0 Å². The van der Waals surface area contributed by atoms with Crippen LogP contribution in [0, 0.1) is 10.8 Å². The molecular formula is C37H53N7. The van der Waals surface area contributed by atoms with E-state index >= 15 is 0 Å². The number of anilines is 1. The molecule has 3 aromatic heterocycles. The molecule has 1 aliphatic heterocycles. The summed E-state index contributed by atoms with van der Waals surface area (Å²) in [5.41, 5.74) is 12.4. The van der Waals surface area contributed by atoms with Gasteiger partial charge in [-0.25, -0.2) is 14.5 Å². The van der Waals surface area contributed by atoms with Crippen molar-refractivity contribution in [2.24, 2.45) is 21.6 Å². The van der Waals surface area contributed by atoms with Crippen LogP contribution < -0.4 is 10.6 Å². The molecule has 0 bridgehead atoms. The van der Waals surface area contributed by atoms with Crippen LogP contribution in [0.5, 0.6) is 0 Å². The Morgan fingerprint density at radius 2 is 1.73 bits per heavy atom. The van der Waals surface area contributed by atoms with E-state index in [-0.39, 0.29) is 0 Å². The SMILES string of the molecule is C=Cc1cnn2cc(/C(C=NC3CCC4(CCCC4)CC3)=C/N)nc(-c3ccc(N4CCC(CC)(CC)CC4)nc3)c12.CC. The number of fused-ring (bicyclic) bond motifs is 1. The van der Waals surface area contributed by atoms with E-state index < -0.39 is 0 Å². The van der Waals surface area contributed by atoms with Gasteiger partial charge in [-0.05, 0) is 74.3 Å². The minimum atomic E-state index is 0.359. The summed E-state index contributed by atoms with van der Waals surface area (Å²) in [5, 5.41) is 4.63. The molecule has 7 heteroatoms. The quantitative estimate of drug-likeness (QED) is 0.263. The van der Waals surface area contributed by atoms with Gasteiger partial charge in [0.25, 0.3) is 0 Å². The Labute approximate surface area is 264 Å². The summed E-state index contributed by atoms with van der Waals surface area (Å²) in [6.45, 7) is 14.8. The Kier molecular flexibility index (Phi) is 10.2. The fourth-order valence-corrected chi connectivity index (χ4v) is 7.78. The molecule has 2 aliphatic carbocycles. The highest BCUT2D eigenvalue weighted by Gasteiger charge is 2.37. The number of rotatable bonds is 8. The summed E-state index contributed by atoms with van der Waals surface area (Å²) in [5.74, 6) is 1.03. The van der Waals surface area contributed by atoms with Gasteiger partial charge in [0, 0.05) is 54.4 Å². The van der Waals surface area contributed by atoms with Gasteiger partial charge >= 0.3 is 0 Å². The minimum Gasteiger partial charge on any atom is -0.404 e. The van der Waals surface area contributed by atoms with E-state index in [9.17, 15) is 0 Å². The minimum absolute atomic E-state index is 0.359.